The molecule has 0 unspecified atom stereocenters. The number of likely N-dealkylation sites (N-methyl/N-ethyl adjacent to an activating group) is 1. The number of carbonyl (C=O) groups is 1. The number of carbonyl (C=O) groups excluding carboxylic acids is 1. The number of Topliss-reactive ketones (excluding diaryl/α,β-unsaturated/α-hetero) is 1. The Kier molecular flexibility index (Phi) is 3.99. The molecule has 15 heavy (non-hydrogen) atoms. The van der Waals surface area contributed by atoms with Gasteiger partial charge in [-0.15, -0.1) is 11.3 Å². The van der Waals surface area contributed by atoms with E-state index in [0.717, 1.165) is 17.2 Å². The molecule has 1 heterocycles. The minimum absolute atomic E-state index is 0.193. The molecule has 0 saturated carbocycles. The van der Waals surface area contributed by atoms with Crippen LogP contribution in [-0.2, 0) is 11.2 Å². The first-order valence-corrected chi connectivity index (χ1v) is 6.03. The molecule has 0 aliphatic heterocycles. The number of nitrogens with zero attached hydrogens (tertiary/aromatic N) is 1. The van der Waals surface area contributed by atoms with Gasteiger partial charge in [0.25, 0.3) is 0 Å². The average molecular weight is 226 g/mol. The van der Waals surface area contributed by atoms with E-state index in [4.69, 9.17) is 0 Å². The molecule has 0 radical (unpaired) electrons. The standard InChI is InChI=1S/C11H18N2OS/c1-5-12-11(3,4)9(14)6-10-13-8(2)7-15-10/h7,12H,5-6H2,1-4H3. The number of hydrogen-bond donors (Lipinski definition) is 1. The van der Waals surface area contributed by atoms with Gasteiger partial charge in [-0.3, -0.25) is 4.79 Å². The molecule has 3 nitrogen and oxygen atoms in total. The van der Waals surface area contributed by atoms with Crippen molar-refractivity contribution in [1.82, 2.24) is 10.3 Å². The van der Waals surface area contributed by atoms with Gasteiger partial charge in [0.2, 0.25) is 0 Å². The molecule has 0 bridgehead atoms. The Hall–Kier alpha value is -0.740. The Morgan fingerprint density at radius 3 is 2.73 bits per heavy atom. The van der Waals surface area contributed by atoms with E-state index in [-0.39, 0.29) is 5.78 Å². The van der Waals surface area contributed by atoms with Gasteiger partial charge in [-0.2, -0.15) is 0 Å². The monoisotopic (exact) mass is 226 g/mol. The third kappa shape index (κ3) is 3.39. The summed E-state index contributed by atoms with van der Waals surface area (Å²) in [5, 5.41) is 6.06. The van der Waals surface area contributed by atoms with Crippen molar-refractivity contribution in [3.8, 4) is 0 Å². The van der Waals surface area contributed by atoms with Gasteiger partial charge >= 0.3 is 0 Å². The summed E-state index contributed by atoms with van der Waals surface area (Å²) < 4.78 is 0. The van der Waals surface area contributed by atoms with Gasteiger partial charge in [0.1, 0.15) is 5.01 Å². The molecule has 0 aromatic carbocycles. The molecule has 4 heteroatoms. The summed E-state index contributed by atoms with van der Waals surface area (Å²) in [5.74, 6) is 0.193. The van der Waals surface area contributed by atoms with Crippen molar-refractivity contribution < 1.29 is 4.79 Å². The van der Waals surface area contributed by atoms with Gasteiger partial charge in [-0.1, -0.05) is 6.92 Å². The van der Waals surface area contributed by atoms with Crippen LogP contribution in [0.1, 0.15) is 31.5 Å². The van der Waals surface area contributed by atoms with Crippen LogP contribution in [0.15, 0.2) is 5.38 Å². The van der Waals surface area contributed by atoms with E-state index in [2.05, 4.69) is 10.3 Å². The van der Waals surface area contributed by atoms with Crippen LogP contribution in [0.2, 0.25) is 0 Å². The van der Waals surface area contributed by atoms with Crippen molar-refractivity contribution in [2.24, 2.45) is 0 Å². The summed E-state index contributed by atoms with van der Waals surface area (Å²) in [5.41, 5.74) is 0.540. The molecule has 1 rings (SSSR count). The lowest BCUT2D eigenvalue weighted by atomic mass is 9.97. The topological polar surface area (TPSA) is 42.0 Å². The molecule has 1 aromatic heterocycles. The second kappa shape index (κ2) is 4.86. The van der Waals surface area contributed by atoms with Gasteiger partial charge in [-0.25, -0.2) is 4.98 Å². The third-order valence-electron chi connectivity index (χ3n) is 2.29. The molecular weight excluding hydrogens is 208 g/mol. The zero-order valence-electron chi connectivity index (χ0n) is 9.76. The van der Waals surface area contributed by atoms with Gasteiger partial charge < -0.3 is 5.32 Å². The van der Waals surface area contributed by atoms with Crippen molar-refractivity contribution >= 4 is 17.1 Å². The minimum atomic E-state index is -0.450. The first-order valence-electron chi connectivity index (χ1n) is 5.15. The maximum atomic E-state index is 11.9. The highest BCUT2D eigenvalue weighted by molar-refractivity contribution is 7.09. The van der Waals surface area contributed by atoms with Crippen LogP contribution in [-0.4, -0.2) is 22.9 Å². The van der Waals surface area contributed by atoms with Crippen LogP contribution >= 0.6 is 11.3 Å². The van der Waals surface area contributed by atoms with Crippen molar-refractivity contribution in [1.29, 1.82) is 0 Å². The predicted octanol–water partition coefficient (Wildman–Crippen LogP) is 1.95. The van der Waals surface area contributed by atoms with Crippen molar-refractivity contribution in [2.45, 2.75) is 39.7 Å². The van der Waals surface area contributed by atoms with Gasteiger partial charge in [0.15, 0.2) is 5.78 Å². The van der Waals surface area contributed by atoms with Crippen LogP contribution in [0, 0.1) is 6.92 Å². The predicted molar refractivity (Wildman–Crippen MR) is 63.3 cm³/mol. The molecule has 0 aliphatic carbocycles. The SMILES string of the molecule is CCNC(C)(C)C(=O)Cc1nc(C)cs1. The first kappa shape index (κ1) is 12.3. The molecule has 0 aliphatic rings. The molecule has 0 fully saturated rings. The van der Waals surface area contributed by atoms with Gasteiger partial charge in [0, 0.05) is 11.1 Å². The van der Waals surface area contributed by atoms with Gasteiger partial charge in [0.05, 0.1) is 12.0 Å². The molecule has 0 saturated heterocycles. The quantitative estimate of drug-likeness (QED) is 0.834. The summed E-state index contributed by atoms with van der Waals surface area (Å²) in [6.45, 7) is 8.58. The van der Waals surface area contributed by atoms with Crippen molar-refractivity contribution in [2.75, 3.05) is 6.54 Å². The Bertz CT molecular complexity index is 344. The molecule has 0 spiro atoms. The lowest BCUT2D eigenvalue weighted by Crippen LogP contribution is -2.47. The lowest BCUT2D eigenvalue weighted by molar-refractivity contribution is -0.123. The van der Waals surface area contributed by atoms with E-state index in [1.54, 1.807) is 11.3 Å². The van der Waals surface area contributed by atoms with Crippen LogP contribution in [0.4, 0.5) is 0 Å². The first-order chi connectivity index (χ1) is 6.95. The molecule has 0 amide bonds. The van der Waals surface area contributed by atoms with Gasteiger partial charge in [-0.05, 0) is 27.3 Å². The molecule has 1 N–H and O–H groups in total. The summed E-state index contributed by atoms with van der Waals surface area (Å²) >= 11 is 1.55. The molecule has 1 aromatic rings. The summed E-state index contributed by atoms with van der Waals surface area (Å²) in [6.07, 6.45) is 0.429. The number of aryl methyl sites for hydroxylation is 1. The smallest absolute Gasteiger partial charge is 0.159 e. The second-order valence-electron chi connectivity index (χ2n) is 4.14. The summed E-state index contributed by atoms with van der Waals surface area (Å²) in [4.78, 5) is 16.2. The van der Waals surface area contributed by atoms with E-state index in [0.29, 0.717) is 6.42 Å². The van der Waals surface area contributed by atoms with E-state index >= 15 is 0 Å². The lowest BCUT2D eigenvalue weighted by Gasteiger charge is -2.23. The molecule has 84 valence electrons. The number of ketones is 1. The minimum Gasteiger partial charge on any atom is -0.306 e. The van der Waals surface area contributed by atoms with E-state index in [1.165, 1.54) is 0 Å². The Balaban J connectivity index is 2.63. The fraction of sp³-hybridized carbons (Fsp3) is 0.636. The summed E-state index contributed by atoms with van der Waals surface area (Å²) in [6, 6.07) is 0. The van der Waals surface area contributed by atoms with Crippen molar-refractivity contribution in [3.63, 3.8) is 0 Å². The number of nitrogens with one attached hydrogen (secondary N) is 1. The van der Waals surface area contributed by atoms with Crippen LogP contribution < -0.4 is 5.32 Å². The van der Waals surface area contributed by atoms with E-state index < -0.39 is 5.54 Å². The molecular formula is C11H18N2OS. The largest absolute Gasteiger partial charge is 0.306 e. The second-order valence-corrected chi connectivity index (χ2v) is 5.08. The fourth-order valence-corrected chi connectivity index (χ4v) is 2.15. The number of thiazole rings is 1. The fourth-order valence-electron chi connectivity index (χ4n) is 1.38. The maximum absolute atomic E-state index is 11.9. The summed E-state index contributed by atoms with van der Waals surface area (Å²) in [7, 11) is 0. The third-order valence-corrected chi connectivity index (χ3v) is 3.26. The zero-order chi connectivity index (χ0) is 11.5. The number of hydrogen-bond acceptors (Lipinski definition) is 4. The van der Waals surface area contributed by atoms with Crippen molar-refractivity contribution in [3.05, 3.63) is 16.1 Å². The Morgan fingerprint density at radius 2 is 2.27 bits per heavy atom. The number of aromatic nitrogens is 1. The normalized spacial score (nSPS) is 11.7. The zero-order valence-corrected chi connectivity index (χ0v) is 10.6. The highest BCUT2D eigenvalue weighted by Gasteiger charge is 2.26. The van der Waals surface area contributed by atoms with Crippen LogP contribution in [0.5, 0.6) is 0 Å². The Morgan fingerprint density at radius 1 is 1.60 bits per heavy atom. The highest BCUT2D eigenvalue weighted by atomic mass is 32.1. The van der Waals surface area contributed by atoms with Crippen LogP contribution in [0.25, 0.3) is 0 Å². The van der Waals surface area contributed by atoms with E-state index in [1.807, 2.05) is 33.1 Å². The highest BCUT2D eigenvalue weighted by Crippen LogP contribution is 2.13. The maximum Gasteiger partial charge on any atom is 0.159 e. The van der Waals surface area contributed by atoms with E-state index in [9.17, 15) is 4.79 Å². The Labute approximate surface area is 94.9 Å². The van der Waals surface area contributed by atoms with Crippen LogP contribution in [0.3, 0.4) is 0 Å². The average Bonchev–Trinajstić information content (AvgIpc) is 2.51. The molecule has 0 atom stereocenters. The number of rotatable bonds is 5.